The van der Waals surface area contributed by atoms with Crippen molar-refractivity contribution < 1.29 is 4.79 Å². The molecule has 0 unspecified atom stereocenters. The van der Waals surface area contributed by atoms with Gasteiger partial charge in [0.2, 0.25) is 0 Å². The van der Waals surface area contributed by atoms with Crippen LogP contribution in [0.5, 0.6) is 0 Å². The zero-order valence-corrected chi connectivity index (χ0v) is 11.7. The van der Waals surface area contributed by atoms with Crippen LogP contribution < -0.4 is 0 Å². The molecular formula is C14H20N4O. The lowest BCUT2D eigenvalue weighted by Crippen LogP contribution is -2.30. The summed E-state index contributed by atoms with van der Waals surface area (Å²) in [6.07, 6.45) is 0.956. The van der Waals surface area contributed by atoms with Crippen LogP contribution >= 0.6 is 0 Å². The Morgan fingerprint density at radius 3 is 2.68 bits per heavy atom. The second-order valence-corrected chi connectivity index (χ2v) is 5.00. The van der Waals surface area contributed by atoms with Crippen LogP contribution in [-0.4, -0.2) is 60.1 Å². The maximum absolute atomic E-state index is 12.3. The fraction of sp³-hybridized carbons (Fsp3) is 0.429. The van der Waals surface area contributed by atoms with Crippen molar-refractivity contribution in [2.75, 3.05) is 34.2 Å². The van der Waals surface area contributed by atoms with Gasteiger partial charge in [-0.1, -0.05) is 18.2 Å². The lowest BCUT2D eigenvalue weighted by Gasteiger charge is -2.17. The summed E-state index contributed by atoms with van der Waals surface area (Å²) in [6, 6.07) is 7.68. The molecule has 0 aliphatic rings. The number of benzene rings is 1. The van der Waals surface area contributed by atoms with Crippen LogP contribution in [0.25, 0.3) is 10.9 Å². The number of aromatic amines is 1. The van der Waals surface area contributed by atoms with Crippen molar-refractivity contribution >= 4 is 16.8 Å². The number of fused-ring (bicyclic) bond motifs is 1. The highest BCUT2D eigenvalue weighted by Crippen LogP contribution is 2.16. The quantitative estimate of drug-likeness (QED) is 0.888. The van der Waals surface area contributed by atoms with Crippen LogP contribution in [0, 0.1) is 0 Å². The molecule has 0 radical (unpaired) electrons. The summed E-state index contributed by atoms with van der Waals surface area (Å²) >= 11 is 0. The van der Waals surface area contributed by atoms with Gasteiger partial charge in [-0.2, -0.15) is 5.10 Å². The number of carbonyl (C=O) groups is 1. The summed E-state index contributed by atoms with van der Waals surface area (Å²) in [4.78, 5) is 16.2. The molecule has 5 heteroatoms. The largest absolute Gasteiger partial charge is 0.340 e. The van der Waals surface area contributed by atoms with Gasteiger partial charge in [-0.15, -0.1) is 0 Å². The van der Waals surface area contributed by atoms with Gasteiger partial charge in [0.1, 0.15) is 0 Å². The summed E-state index contributed by atoms with van der Waals surface area (Å²) in [5.41, 5.74) is 1.40. The number of nitrogens with zero attached hydrogens (tertiary/aromatic N) is 3. The third-order valence-electron chi connectivity index (χ3n) is 3.12. The minimum Gasteiger partial charge on any atom is -0.340 e. The average Bonchev–Trinajstić information content (AvgIpc) is 2.81. The van der Waals surface area contributed by atoms with Crippen LogP contribution in [0.3, 0.4) is 0 Å². The lowest BCUT2D eigenvalue weighted by atomic mass is 10.2. The zero-order valence-electron chi connectivity index (χ0n) is 11.7. The Morgan fingerprint density at radius 2 is 1.95 bits per heavy atom. The fourth-order valence-electron chi connectivity index (χ4n) is 2.03. The van der Waals surface area contributed by atoms with Gasteiger partial charge in [-0.25, -0.2) is 0 Å². The highest BCUT2D eigenvalue weighted by molar-refractivity contribution is 6.04. The molecule has 2 aromatic rings. The summed E-state index contributed by atoms with van der Waals surface area (Å²) in [7, 11) is 5.88. The second-order valence-electron chi connectivity index (χ2n) is 5.00. The third kappa shape index (κ3) is 3.12. The molecule has 0 aliphatic carbocycles. The van der Waals surface area contributed by atoms with E-state index in [1.165, 1.54) is 0 Å². The van der Waals surface area contributed by atoms with E-state index in [0.717, 1.165) is 30.4 Å². The maximum atomic E-state index is 12.3. The normalized spacial score (nSPS) is 11.2. The van der Waals surface area contributed by atoms with Gasteiger partial charge in [-0.05, 0) is 33.1 Å². The van der Waals surface area contributed by atoms with Gasteiger partial charge in [0, 0.05) is 19.0 Å². The van der Waals surface area contributed by atoms with Crippen LogP contribution in [0.4, 0.5) is 0 Å². The SMILES string of the molecule is CN(C)CCCN(C)C(=O)c1n[nH]c2ccccc12. The van der Waals surface area contributed by atoms with Gasteiger partial charge < -0.3 is 9.80 Å². The number of amides is 1. The van der Waals surface area contributed by atoms with Crippen molar-refractivity contribution in [1.82, 2.24) is 20.0 Å². The van der Waals surface area contributed by atoms with E-state index in [2.05, 4.69) is 15.1 Å². The van der Waals surface area contributed by atoms with Gasteiger partial charge in [-0.3, -0.25) is 9.89 Å². The molecule has 1 amide bonds. The summed E-state index contributed by atoms with van der Waals surface area (Å²) in [6.45, 7) is 1.71. The molecule has 0 spiro atoms. The Bertz CT molecular complexity index is 561. The third-order valence-corrected chi connectivity index (χ3v) is 3.12. The number of nitrogens with one attached hydrogen (secondary N) is 1. The molecule has 1 aromatic carbocycles. The average molecular weight is 260 g/mol. The predicted octanol–water partition coefficient (Wildman–Crippen LogP) is 1.59. The van der Waals surface area contributed by atoms with Gasteiger partial charge in [0.15, 0.2) is 5.69 Å². The molecule has 1 heterocycles. The molecular weight excluding hydrogens is 240 g/mol. The standard InChI is InChI=1S/C14H20N4O/c1-17(2)9-6-10-18(3)14(19)13-11-7-4-5-8-12(11)15-16-13/h4-5,7-8H,6,9-10H2,1-3H3,(H,15,16). The van der Waals surface area contributed by atoms with E-state index in [1.807, 2.05) is 45.4 Å². The van der Waals surface area contributed by atoms with Crippen molar-refractivity contribution in [3.63, 3.8) is 0 Å². The van der Waals surface area contributed by atoms with Crippen molar-refractivity contribution in [3.05, 3.63) is 30.0 Å². The Kier molecular flexibility index (Phi) is 4.16. The monoisotopic (exact) mass is 260 g/mol. The van der Waals surface area contributed by atoms with E-state index in [0.29, 0.717) is 5.69 Å². The minimum absolute atomic E-state index is 0.0313. The van der Waals surface area contributed by atoms with Crippen LogP contribution in [0.15, 0.2) is 24.3 Å². The predicted molar refractivity (Wildman–Crippen MR) is 76.2 cm³/mol. The highest BCUT2D eigenvalue weighted by atomic mass is 16.2. The number of hydrogen-bond donors (Lipinski definition) is 1. The van der Waals surface area contributed by atoms with Crippen molar-refractivity contribution in [1.29, 1.82) is 0 Å². The Labute approximate surface area is 113 Å². The van der Waals surface area contributed by atoms with Crippen LogP contribution in [0.2, 0.25) is 0 Å². The second kappa shape index (κ2) is 5.84. The number of rotatable bonds is 5. The van der Waals surface area contributed by atoms with Gasteiger partial charge >= 0.3 is 0 Å². The number of carbonyl (C=O) groups excluding carboxylic acids is 1. The smallest absolute Gasteiger partial charge is 0.274 e. The van der Waals surface area contributed by atoms with Gasteiger partial charge in [0.05, 0.1) is 5.52 Å². The first-order valence-corrected chi connectivity index (χ1v) is 6.43. The number of para-hydroxylation sites is 1. The van der Waals surface area contributed by atoms with E-state index >= 15 is 0 Å². The minimum atomic E-state index is -0.0313. The van der Waals surface area contributed by atoms with Crippen LogP contribution in [-0.2, 0) is 0 Å². The number of hydrogen-bond acceptors (Lipinski definition) is 3. The molecule has 2 rings (SSSR count). The number of H-pyrrole nitrogens is 1. The molecule has 5 nitrogen and oxygen atoms in total. The molecule has 0 saturated heterocycles. The van der Waals surface area contributed by atoms with E-state index in [1.54, 1.807) is 4.90 Å². The van der Waals surface area contributed by atoms with Gasteiger partial charge in [0.25, 0.3) is 5.91 Å². The molecule has 0 bridgehead atoms. The van der Waals surface area contributed by atoms with Crippen molar-refractivity contribution in [2.24, 2.45) is 0 Å². The molecule has 1 aromatic heterocycles. The molecule has 0 atom stereocenters. The summed E-state index contributed by atoms with van der Waals surface area (Å²) in [5.74, 6) is -0.0313. The first-order chi connectivity index (χ1) is 9.09. The molecule has 0 fully saturated rings. The highest BCUT2D eigenvalue weighted by Gasteiger charge is 2.17. The summed E-state index contributed by atoms with van der Waals surface area (Å²) < 4.78 is 0. The topological polar surface area (TPSA) is 52.2 Å². The molecule has 0 aliphatic heterocycles. The molecule has 0 saturated carbocycles. The molecule has 102 valence electrons. The lowest BCUT2D eigenvalue weighted by molar-refractivity contribution is 0.0786. The van der Waals surface area contributed by atoms with E-state index in [4.69, 9.17) is 0 Å². The first kappa shape index (κ1) is 13.5. The van der Waals surface area contributed by atoms with E-state index in [9.17, 15) is 4.79 Å². The van der Waals surface area contributed by atoms with E-state index in [-0.39, 0.29) is 5.91 Å². The van der Waals surface area contributed by atoms with Crippen molar-refractivity contribution in [3.8, 4) is 0 Å². The van der Waals surface area contributed by atoms with Crippen LogP contribution in [0.1, 0.15) is 16.9 Å². The van der Waals surface area contributed by atoms with Crippen molar-refractivity contribution in [2.45, 2.75) is 6.42 Å². The maximum Gasteiger partial charge on any atom is 0.274 e. The molecule has 19 heavy (non-hydrogen) atoms. The first-order valence-electron chi connectivity index (χ1n) is 6.43. The number of aromatic nitrogens is 2. The Balaban J connectivity index is 2.06. The Morgan fingerprint density at radius 1 is 1.21 bits per heavy atom. The summed E-state index contributed by atoms with van der Waals surface area (Å²) in [5, 5.41) is 7.91. The fourth-order valence-corrected chi connectivity index (χ4v) is 2.03. The molecule has 1 N–H and O–H groups in total. The zero-order chi connectivity index (χ0) is 13.8. The van der Waals surface area contributed by atoms with E-state index < -0.39 is 0 Å². The Hall–Kier alpha value is -1.88.